The van der Waals surface area contributed by atoms with Crippen molar-refractivity contribution in [3.8, 4) is 10.7 Å². The largest absolute Gasteiger partial charge is 0.462 e. The van der Waals surface area contributed by atoms with Crippen molar-refractivity contribution < 1.29 is 14.6 Å². The standard InChI is InChI=1S/C14H11N3O2S.CH4O/c1-2-19-14(18)10-8-9-4-3-5-15-12(9)17-11(10)13-16-6-7-20-13;1-2/h3-8H,2H2,1H3;2H,1H3. The lowest BCUT2D eigenvalue weighted by atomic mass is 10.1. The number of hydrogen-bond acceptors (Lipinski definition) is 7. The maximum absolute atomic E-state index is 12.1. The third kappa shape index (κ3) is 3.26. The SMILES string of the molecule is CCOC(=O)c1cc2cccnc2nc1-c1nccs1.CO. The molecular formula is C15H15N3O3S. The molecule has 0 saturated carbocycles. The molecule has 114 valence electrons. The predicted molar refractivity (Wildman–Crippen MR) is 84.7 cm³/mol. The lowest BCUT2D eigenvalue weighted by Gasteiger charge is -2.07. The van der Waals surface area contributed by atoms with E-state index >= 15 is 0 Å². The third-order valence-corrected chi connectivity index (χ3v) is 3.50. The van der Waals surface area contributed by atoms with Gasteiger partial charge in [0.25, 0.3) is 0 Å². The van der Waals surface area contributed by atoms with Crippen molar-refractivity contribution in [3.63, 3.8) is 0 Å². The molecular weight excluding hydrogens is 302 g/mol. The number of aromatic nitrogens is 3. The van der Waals surface area contributed by atoms with E-state index in [1.165, 1.54) is 11.3 Å². The maximum Gasteiger partial charge on any atom is 0.340 e. The molecule has 1 N–H and O–H groups in total. The van der Waals surface area contributed by atoms with Gasteiger partial charge in [0.2, 0.25) is 0 Å². The molecule has 0 amide bonds. The van der Waals surface area contributed by atoms with E-state index in [9.17, 15) is 4.79 Å². The fraction of sp³-hybridized carbons (Fsp3) is 0.200. The molecule has 22 heavy (non-hydrogen) atoms. The predicted octanol–water partition coefficient (Wildman–Crippen LogP) is 2.54. The van der Waals surface area contributed by atoms with Crippen molar-refractivity contribution in [2.45, 2.75) is 6.92 Å². The minimum atomic E-state index is -0.393. The fourth-order valence-corrected chi connectivity index (χ4v) is 2.51. The maximum atomic E-state index is 12.1. The van der Waals surface area contributed by atoms with Gasteiger partial charge in [-0.2, -0.15) is 0 Å². The van der Waals surface area contributed by atoms with Crippen LogP contribution in [0.25, 0.3) is 21.7 Å². The Morgan fingerprint density at radius 2 is 2.14 bits per heavy atom. The number of carbonyl (C=O) groups excluding carboxylic acids is 1. The van der Waals surface area contributed by atoms with Gasteiger partial charge in [-0.3, -0.25) is 0 Å². The first-order valence-electron chi connectivity index (χ1n) is 6.57. The summed E-state index contributed by atoms with van der Waals surface area (Å²) < 4.78 is 5.09. The van der Waals surface area contributed by atoms with Crippen LogP contribution < -0.4 is 0 Å². The van der Waals surface area contributed by atoms with Gasteiger partial charge in [0.15, 0.2) is 5.65 Å². The van der Waals surface area contributed by atoms with Crippen molar-refractivity contribution in [1.29, 1.82) is 0 Å². The van der Waals surface area contributed by atoms with Crippen LogP contribution in [0.1, 0.15) is 17.3 Å². The van der Waals surface area contributed by atoms with E-state index < -0.39 is 5.97 Å². The zero-order chi connectivity index (χ0) is 15.9. The number of nitrogens with zero attached hydrogens (tertiary/aromatic N) is 3. The molecule has 0 aromatic carbocycles. The van der Waals surface area contributed by atoms with Gasteiger partial charge in [-0.05, 0) is 25.1 Å². The molecule has 6 nitrogen and oxygen atoms in total. The third-order valence-electron chi connectivity index (χ3n) is 2.72. The molecule has 0 bridgehead atoms. The second-order valence-corrected chi connectivity index (χ2v) is 4.89. The van der Waals surface area contributed by atoms with E-state index in [2.05, 4.69) is 15.0 Å². The Balaban J connectivity index is 0.000000847. The Hall–Kier alpha value is -2.38. The summed E-state index contributed by atoms with van der Waals surface area (Å²) in [6, 6.07) is 5.43. The topological polar surface area (TPSA) is 85.2 Å². The highest BCUT2D eigenvalue weighted by Crippen LogP contribution is 2.27. The minimum Gasteiger partial charge on any atom is -0.462 e. The van der Waals surface area contributed by atoms with Crippen LogP contribution in [0.15, 0.2) is 36.0 Å². The summed E-state index contributed by atoms with van der Waals surface area (Å²) in [4.78, 5) is 25.0. The number of fused-ring (bicyclic) bond motifs is 1. The van der Waals surface area contributed by atoms with Gasteiger partial charge >= 0.3 is 5.97 Å². The Morgan fingerprint density at radius 3 is 2.82 bits per heavy atom. The molecule has 0 saturated heterocycles. The van der Waals surface area contributed by atoms with Gasteiger partial charge in [-0.1, -0.05) is 0 Å². The summed E-state index contributed by atoms with van der Waals surface area (Å²) in [6.45, 7) is 2.10. The highest BCUT2D eigenvalue weighted by molar-refractivity contribution is 7.13. The molecule has 0 aliphatic heterocycles. The molecule has 7 heteroatoms. The van der Waals surface area contributed by atoms with Gasteiger partial charge < -0.3 is 9.84 Å². The molecule has 0 spiro atoms. The summed E-state index contributed by atoms with van der Waals surface area (Å²) in [5.74, 6) is -0.393. The van der Waals surface area contributed by atoms with Crippen LogP contribution in [0, 0.1) is 0 Å². The fourth-order valence-electron chi connectivity index (χ4n) is 1.87. The van der Waals surface area contributed by atoms with E-state index in [1.807, 2.05) is 17.5 Å². The second-order valence-electron chi connectivity index (χ2n) is 3.99. The van der Waals surface area contributed by atoms with Crippen molar-refractivity contribution in [2.24, 2.45) is 0 Å². The van der Waals surface area contributed by atoms with Crippen molar-refractivity contribution in [1.82, 2.24) is 15.0 Å². The summed E-state index contributed by atoms with van der Waals surface area (Å²) >= 11 is 1.43. The first kappa shape index (κ1) is 16.0. The average molecular weight is 317 g/mol. The zero-order valence-corrected chi connectivity index (χ0v) is 13.0. The highest BCUT2D eigenvalue weighted by atomic mass is 32.1. The van der Waals surface area contributed by atoms with Crippen LogP contribution in [0.3, 0.4) is 0 Å². The summed E-state index contributed by atoms with van der Waals surface area (Å²) in [6.07, 6.45) is 3.35. The highest BCUT2D eigenvalue weighted by Gasteiger charge is 2.18. The van der Waals surface area contributed by atoms with Crippen LogP contribution in [-0.2, 0) is 4.74 Å². The number of ether oxygens (including phenoxy) is 1. The summed E-state index contributed by atoms with van der Waals surface area (Å²) in [7, 11) is 1.00. The first-order valence-corrected chi connectivity index (χ1v) is 7.45. The molecule has 0 aliphatic carbocycles. The minimum absolute atomic E-state index is 0.321. The summed E-state index contributed by atoms with van der Waals surface area (Å²) in [5.41, 5.74) is 1.53. The van der Waals surface area contributed by atoms with Gasteiger partial charge in [-0.25, -0.2) is 19.7 Å². The Bertz CT molecular complexity index is 760. The monoisotopic (exact) mass is 317 g/mol. The normalized spacial score (nSPS) is 9.95. The second kappa shape index (κ2) is 7.58. The number of aliphatic hydroxyl groups excluding tert-OH is 1. The molecule has 0 unspecified atom stereocenters. The zero-order valence-electron chi connectivity index (χ0n) is 12.2. The molecule has 3 aromatic heterocycles. The molecule has 0 fully saturated rings. The number of aliphatic hydroxyl groups is 1. The van der Waals surface area contributed by atoms with Crippen molar-refractivity contribution in [3.05, 3.63) is 41.5 Å². The number of carbonyl (C=O) groups is 1. The van der Waals surface area contributed by atoms with Gasteiger partial charge in [0, 0.05) is 30.3 Å². The smallest absolute Gasteiger partial charge is 0.340 e. The number of hydrogen-bond donors (Lipinski definition) is 1. The molecule has 0 atom stereocenters. The van der Waals surface area contributed by atoms with Gasteiger partial charge in [0.1, 0.15) is 10.7 Å². The van der Waals surface area contributed by atoms with E-state index in [1.54, 1.807) is 25.4 Å². The average Bonchev–Trinajstić information content (AvgIpc) is 3.10. The van der Waals surface area contributed by atoms with Crippen molar-refractivity contribution in [2.75, 3.05) is 13.7 Å². The van der Waals surface area contributed by atoms with Crippen LogP contribution in [-0.4, -0.2) is 39.7 Å². The van der Waals surface area contributed by atoms with Crippen molar-refractivity contribution >= 4 is 28.3 Å². The van der Waals surface area contributed by atoms with Gasteiger partial charge in [0.05, 0.1) is 12.2 Å². The number of pyridine rings is 2. The van der Waals surface area contributed by atoms with E-state index in [0.717, 1.165) is 12.5 Å². The van der Waals surface area contributed by atoms with E-state index in [-0.39, 0.29) is 0 Å². The Morgan fingerprint density at radius 1 is 1.32 bits per heavy atom. The number of thiazole rings is 1. The Labute approximate surface area is 131 Å². The lowest BCUT2D eigenvalue weighted by molar-refractivity contribution is 0.0527. The van der Waals surface area contributed by atoms with Crippen LogP contribution in [0.4, 0.5) is 0 Å². The lowest BCUT2D eigenvalue weighted by Crippen LogP contribution is -2.08. The quantitative estimate of drug-likeness (QED) is 0.747. The molecule has 0 radical (unpaired) electrons. The number of esters is 1. The first-order chi connectivity index (χ1) is 10.8. The van der Waals surface area contributed by atoms with Gasteiger partial charge in [-0.15, -0.1) is 11.3 Å². The molecule has 3 aromatic rings. The van der Waals surface area contributed by atoms with E-state index in [4.69, 9.17) is 9.84 Å². The van der Waals surface area contributed by atoms with Crippen LogP contribution in [0.2, 0.25) is 0 Å². The molecule has 3 rings (SSSR count). The molecule has 0 aliphatic rings. The Kier molecular flexibility index (Phi) is 5.51. The molecule has 3 heterocycles. The summed E-state index contributed by atoms with van der Waals surface area (Å²) in [5, 5.41) is 10.3. The number of rotatable bonds is 3. The van der Waals surface area contributed by atoms with Crippen LogP contribution in [0.5, 0.6) is 0 Å². The van der Waals surface area contributed by atoms with E-state index in [0.29, 0.717) is 28.5 Å². The van der Waals surface area contributed by atoms with Crippen LogP contribution >= 0.6 is 11.3 Å².